The summed E-state index contributed by atoms with van der Waals surface area (Å²) in [5.41, 5.74) is 4.25. The minimum absolute atomic E-state index is 0.205. The number of H-pyrrole nitrogens is 1. The summed E-state index contributed by atoms with van der Waals surface area (Å²) in [4.78, 5) is 20.6. The third-order valence-electron chi connectivity index (χ3n) is 6.16. The SMILES string of the molecule is Cc1[nH]c2ccc(N3CCOCC3)cc2c(=O)c1C[NH+]1CCCC[C@H]1C. The van der Waals surface area contributed by atoms with Gasteiger partial charge in [-0.3, -0.25) is 4.79 Å². The number of anilines is 1. The molecule has 2 saturated heterocycles. The van der Waals surface area contributed by atoms with E-state index in [2.05, 4.69) is 35.0 Å². The van der Waals surface area contributed by atoms with Crippen LogP contribution in [0.2, 0.25) is 0 Å². The lowest BCUT2D eigenvalue weighted by Gasteiger charge is -2.30. The zero-order valence-electron chi connectivity index (χ0n) is 15.9. The Bertz CT molecular complexity index is 839. The van der Waals surface area contributed by atoms with E-state index in [0.717, 1.165) is 60.7 Å². The molecule has 5 heteroatoms. The van der Waals surface area contributed by atoms with Crippen LogP contribution in [0, 0.1) is 6.92 Å². The van der Waals surface area contributed by atoms with Crippen molar-refractivity contribution in [3.8, 4) is 0 Å². The number of likely N-dealkylation sites (tertiary alicyclic amines) is 1. The van der Waals surface area contributed by atoms with Crippen LogP contribution >= 0.6 is 0 Å². The first kappa shape index (κ1) is 17.6. The Balaban J connectivity index is 1.70. The predicted octanol–water partition coefficient (Wildman–Crippen LogP) is 1.63. The molecule has 2 aliphatic rings. The summed E-state index contributed by atoms with van der Waals surface area (Å²) in [6.07, 6.45) is 3.85. The van der Waals surface area contributed by atoms with Crippen molar-refractivity contribution in [2.45, 2.75) is 45.7 Å². The second-order valence-corrected chi connectivity index (χ2v) is 7.87. The van der Waals surface area contributed by atoms with Gasteiger partial charge in [-0.15, -0.1) is 0 Å². The molecule has 0 spiro atoms. The van der Waals surface area contributed by atoms with Gasteiger partial charge in [0, 0.05) is 35.4 Å². The monoisotopic (exact) mass is 356 g/mol. The van der Waals surface area contributed by atoms with Crippen molar-refractivity contribution in [3.63, 3.8) is 0 Å². The Morgan fingerprint density at radius 1 is 1.27 bits per heavy atom. The summed E-state index contributed by atoms with van der Waals surface area (Å²) < 4.78 is 5.45. The number of morpholine rings is 1. The highest BCUT2D eigenvalue weighted by Crippen LogP contribution is 2.21. The first-order valence-corrected chi connectivity index (χ1v) is 9.96. The molecule has 5 nitrogen and oxygen atoms in total. The molecule has 2 aromatic rings. The fourth-order valence-electron chi connectivity index (χ4n) is 4.41. The lowest BCUT2D eigenvalue weighted by molar-refractivity contribution is -0.942. The molecule has 1 aromatic carbocycles. The molecule has 0 bridgehead atoms. The van der Waals surface area contributed by atoms with Gasteiger partial charge in [0.15, 0.2) is 5.43 Å². The Kier molecular flexibility index (Phi) is 5.00. The number of aromatic nitrogens is 1. The fourth-order valence-corrected chi connectivity index (χ4v) is 4.41. The number of hydrogen-bond acceptors (Lipinski definition) is 3. The number of benzene rings is 1. The summed E-state index contributed by atoms with van der Waals surface area (Å²) in [6, 6.07) is 6.87. The number of nitrogens with zero attached hydrogens (tertiary/aromatic N) is 1. The van der Waals surface area contributed by atoms with Crippen molar-refractivity contribution in [3.05, 3.63) is 39.7 Å². The van der Waals surface area contributed by atoms with Crippen LogP contribution in [-0.2, 0) is 11.3 Å². The summed E-state index contributed by atoms with van der Waals surface area (Å²) in [7, 11) is 0. The molecule has 2 atom stereocenters. The number of nitrogens with one attached hydrogen (secondary N) is 2. The third kappa shape index (κ3) is 3.38. The molecule has 4 rings (SSSR count). The van der Waals surface area contributed by atoms with Gasteiger partial charge in [-0.2, -0.15) is 0 Å². The average Bonchev–Trinajstić information content (AvgIpc) is 2.67. The van der Waals surface area contributed by atoms with Crippen molar-refractivity contribution >= 4 is 16.6 Å². The van der Waals surface area contributed by atoms with Crippen molar-refractivity contribution < 1.29 is 9.64 Å². The molecule has 2 aliphatic heterocycles. The molecule has 140 valence electrons. The number of hydrogen-bond donors (Lipinski definition) is 2. The molecular formula is C21H30N3O2+. The zero-order valence-corrected chi connectivity index (χ0v) is 15.9. The number of piperidine rings is 1. The van der Waals surface area contributed by atoms with Crippen LogP contribution in [-0.4, -0.2) is 43.9 Å². The van der Waals surface area contributed by atoms with Gasteiger partial charge in [-0.25, -0.2) is 0 Å². The van der Waals surface area contributed by atoms with E-state index >= 15 is 0 Å². The van der Waals surface area contributed by atoms with Gasteiger partial charge in [0.05, 0.1) is 31.4 Å². The van der Waals surface area contributed by atoms with E-state index in [4.69, 9.17) is 4.74 Å². The van der Waals surface area contributed by atoms with Gasteiger partial charge in [-0.1, -0.05) is 0 Å². The molecule has 1 aromatic heterocycles. The minimum atomic E-state index is 0.205. The quantitative estimate of drug-likeness (QED) is 0.879. The predicted molar refractivity (Wildman–Crippen MR) is 105 cm³/mol. The maximum absolute atomic E-state index is 13.3. The largest absolute Gasteiger partial charge is 0.378 e. The standard InChI is InChI=1S/C21H29N3O2/c1-15-5-3-4-8-24(15)14-19-16(2)22-20-7-6-17(13-18(20)21(19)25)23-9-11-26-12-10-23/h6-7,13,15H,3-5,8-12,14H2,1-2H3,(H,22,25)/p+1/t15-/m1/s1. The highest BCUT2D eigenvalue weighted by molar-refractivity contribution is 5.83. The maximum atomic E-state index is 13.3. The van der Waals surface area contributed by atoms with Crippen molar-refractivity contribution in [1.29, 1.82) is 0 Å². The number of quaternary nitrogens is 1. The summed E-state index contributed by atoms with van der Waals surface area (Å²) in [6.45, 7) is 9.64. The Morgan fingerprint density at radius 2 is 2.08 bits per heavy atom. The van der Waals surface area contributed by atoms with Gasteiger partial charge in [0.25, 0.3) is 0 Å². The third-order valence-corrected chi connectivity index (χ3v) is 6.16. The lowest BCUT2D eigenvalue weighted by atomic mass is 10.0. The molecule has 0 amide bonds. The fraction of sp³-hybridized carbons (Fsp3) is 0.571. The normalized spacial score (nSPS) is 24.2. The Morgan fingerprint density at radius 3 is 2.85 bits per heavy atom. The Hall–Kier alpha value is -1.85. The van der Waals surface area contributed by atoms with Crippen LogP contribution in [0.5, 0.6) is 0 Å². The highest BCUT2D eigenvalue weighted by atomic mass is 16.5. The Labute approximate surface area is 154 Å². The van der Waals surface area contributed by atoms with Gasteiger partial charge >= 0.3 is 0 Å². The first-order valence-electron chi connectivity index (χ1n) is 9.96. The molecule has 0 saturated carbocycles. The number of fused-ring (bicyclic) bond motifs is 1. The smallest absolute Gasteiger partial charge is 0.198 e. The molecule has 0 aliphatic carbocycles. The van der Waals surface area contributed by atoms with Gasteiger partial charge < -0.3 is 19.5 Å². The molecule has 2 fully saturated rings. The van der Waals surface area contributed by atoms with Crippen LogP contribution < -0.4 is 15.2 Å². The van der Waals surface area contributed by atoms with Gasteiger partial charge in [0.1, 0.15) is 6.54 Å². The van der Waals surface area contributed by atoms with Crippen LogP contribution in [0.1, 0.15) is 37.4 Å². The van der Waals surface area contributed by atoms with E-state index in [1.807, 2.05) is 6.92 Å². The van der Waals surface area contributed by atoms with Gasteiger partial charge in [0.2, 0.25) is 0 Å². The zero-order chi connectivity index (χ0) is 18.1. The molecule has 0 radical (unpaired) electrons. The number of aromatic amines is 1. The number of pyridine rings is 1. The maximum Gasteiger partial charge on any atom is 0.198 e. The van der Waals surface area contributed by atoms with E-state index in [1.54, 1.807) is 4.90 Å². The second kappa shape index (κ2) is 7.41. The van der Waals surface area contributed by atoms with Crippen molar-refractivity contribution in [1.82, 2.24) is 4.98 Å². The van der Waals surface area contributed by atoms with Gasteiger partial charge in [-0.05, 0) is 51.3 Å². The van der Waals surface area contributed by atoms with Crippen molar-refractivity contribution in [2.24, 2.45) is 0 Å². The van der Waals surface area contributed by atoms with Crippen LogP contribution in [0.3, 0.4) is 0 Å². The topological polar surface area (TPSA) is 49.8 Å². The van der Waals surface area contributed by atoms with E-state index < -0.39 is 0 Å². The molecule has 1 unspecified atom stereocenters. The van der Waals surface area contributed by atoms with Crippen LogP contribution in [0.25, 0.3) is 10.9 Å². The molecule has 2 N–H and O–H groups in total. The van der Waals surface area contributed by atoms with E-state index in [0.29, 0.717) is 6.04 Å². The number of rotatable bonds is 3. The molecular weight excluding hydrogens is 326 g/mol. The van der Waals surface area contributed by atoms with E-state index in [9.17, 15) is 4.79 Å². The molecule has 3 heterocycles. The summed E-state index contributed by atoms with van der Waals surface area (Å²) in [5, 5.41) is 0.818. The molecule has 26 heavy (non-hydrogen) atoms. The van der Waals surface area contributed by atoms with Crippen LogP contribution in [0.15, 0.2) is 23.0 Å². The minimum Gasteiger partial charge on any atom is -0.378 e. The number of aryl methyl sites for hydroxylation is 1. The van der Waals surface area contributed by atoms with E-state index in [1.165, 1.54) is 25.8 Å². The lowest BCUT2D eigenvalue weighted by Crippen LogP contribution is -3.15. The summed E-state index contributed by atoms with van der Waals surface area (Å²) >= 11 is 0. The average molecular weight is 356 g/mol. The van der Waals surface area contributed by atoms with Crippen LogP contribution in [0.4, 0.5) is 5.69 Å². The summed E-state index contributed by atoms with van der Waals surface area (Å²) in [5.74, 6) is 0. The number of ether oxygens (including phenoxy) is 1. The highest BCUT2D eigenvalue weighted by Gasteiger charge is 2.24. The second-order valence-electron chi connectivity index (χ2n) is 7.87. The van der Waals surface area contributed by atoms with Crippen molar-refractivity contribution in [2.75, 3.05) is 37.7 Å². The first-order chi connectivity index (χ1) is 12.6. The van der Waals surface area contributed by atoms with E-state index in [-0.39, 0.29) is 5.43 Å².